The van der Waals surface area contributed by atoms with Gasteiger partial charge in [-0.05, 0) is 13.0 Å². The van der Waals surface area contributed by atoms with Gasteiger partial charge >= 0.3 is 6.18 Å². The normalized spacial score (nSPS) is 25.8. The number of aromatic amines is 1. The first-order valence-corrected chi connectivity index (χ1v) is 9.54. The predicted octanol–water partition coefficient (Wildman–Crippen LogP) is 4.93. The third kappa shape index (κ3) is 3.17. The maximum atomic E-state index is 14.4. The van der Waals surface area contributed by atoms with Gasteiger partial charge < -0.3 is 14.5 Å². The van der Waals surface area contributed by atoms with E-state index in [2.05, 4.69) is 15.0 Å². The number of benzene rings is 1. The Kier molecular flexibility index (Phi) is 5.08. The maximum Gasteiger partial charge on any atom is 0.417 e. The highest BCUT2D eigenvalue weighted by Gasteiger charge is 2.65. The Labute approximate surface area is 179 Å². The van der Waals surface area contributed by atoms with Crippen molar-refractivity contribution in [1.29, 1.82) is 5.26 Å². The zero-order valence-electron chi connectivity index (χ0n) is 17.1. The Morgan fingerprint density at radius 2 is 2.00 bits per heavy atom. The Bertz CT molecular complexity index is 1240. The molecule has 1 aliphatic heterocycles. The highest BCUT2D eigenvalue weighted by molar-refractivity contribution is 5.75. The molecule has 1 saturated heterocycles. The van der Waals surface area contributed by atoms with E-state index in [9.17, 15) is 22.0 Å². The Morgan fingerprint density at radius 1 is 1.28 bits per heavy atom. The molecule has 0 saturated carbocycles. The first-order chi connectivity index (χ1) is 15.0. The summed E-state index contributed by atoms with van der Waals surface area (Å²) in [7, 11) is 1.11. The van der Waals surface area contributed by atoms with E-state index < -0.39 is 47.1 Å². The zero-order chi connectivity index (χ0) is 23.4. The number of ether oxygens (including phenoxy) is 2. The van der Waals surface area contributed by atoms with Gasteiger partial charge in [-0.25, -0.2) is 14.4 Å². The van der Waals surface area contributed by atoms with Crippen molar-refractivity contribution < 1.29 is 31.4 Å². The summed E-state index contributed by atoms with van der Waals surface area (Å²) in [6.07, 6.45) is -4.72. The number of H-pyrrole nitrogens is 1. The minimum Gasteiger partial charge on any atom is -0.493 e. The largest absolute Gasteiger partial charge is 0.493 e. The highest BCUT2D eigenvalue weighted by atomic mass is 19.4. The van der Waals surface area contributed by atoms with Crippen LogP contribution in [0.1, 0.15) is 43.0 Å². The smallest absolute Gasteiger partial charge is 0.417 e. The van der Waals surface area contributed by atoms with Crippen molar-refractivity contribution in [2.75, 3.05) is 7.11 Å². The molecule has 3 aromatic rings. The van der Waals surface area contributed by atoms with Gasteiger partial charge in [0.15, 0.2) is 17.2 Å². The molecule has 168 valence electrons. The molecular formula is C21H17F5N4O2. The van der Waals surface area contributed by atoms with E-state index in [0.717, 1.165) is 20.1 Å². The van der Waals surface area contributed by atoms with Crippen LogP contribution in [0.4, 0.5) is 22.0 Å². The standard InChI is InChI=1S/C21H17F5N4O2/c1-9-15(11-4-5-12(22)16(23)17(11)31-3)18(32-20(9,2)21(24,25)26)19-29-13-6-10(7-27)28-8-14(13)30-19/h4-6,8-9,15,18H,1-3H3,(H,29,30)/t9-,15-,18+,20+/m0/s1. The van der Waals surface area contributed by atoms with Crippen LogP contribution in [-0.2, 0) is 4.74 Å². The molecule has 0 aliphatic carbocycles. The number of pyridine rings is 1. The molecule has 32 heavy (non-hydrogen) atoms. The Hall–Kier alpha value is -3.26. The van der Waals surface area contributed by atoms with E-state index in [1.165, 1.54) is 25.3 Å². The van der Waals surface area contributed by atoms with Crippen LogP contribution in [0.3, 0.4) is 0 Å². The number of nitrogens with one attached hydrogen (secondary N) is 1. The molecule has 0 unspecified atom stereocenters. The van der Waals surface area contributed by atoms with Crippen molar-refractivity contribution in [2.45, 2.75) is 37.6 Å². The second kappa shape index (κ2) is 7.41. The lowest BCUT2D eigenvalue weighted by Gasteiger charge is -2.32. The molecule has 1 aromatic carbocycles. The van der Waals surface area contributed by atoms with Crippen LogP contribution >= 0.6 is 0 Å². The first kappa shape index (κ1) is 22.0. The molecule has 1 N–H and O–H groups in total. The van der Waals surface area contributed by atoms with Crippen molar-refractivity contribution in [3.63, 3.8) is 0 Å². The third-order valence-corrected chi connectivity index (χ3v) is 6.08. The number of alkyl halides is 3. The molecule has 0 radical (unpaired) electrons. The summed E-state index contributed by atoms with van der Waals surface area (Å²) in [6.45, 7) is 2.24. The summed E-state index contributed by atoms with van der Waals surface area (Å²) < 4.78 is 80.9. The van der Waals surface area contributed by atoms with Crippen LogP contribution in [0, 0.1) is 28.9 Å². The molecule has 2 aromatic heterocycles. The van der Waals surface area contributed by atoms with Crippen LogP contribution in [-0.4, -0.2) is 33.8 Å². The molecule has 1 fully saturated rings. The minimum absolute atomic E-state index is 0.0215. The molecule has 11 heteroatoms. The number of rotatable bonds is 3. The van der Waals surface area contributed by atoms with Gasteiger partial charge in [0.2, 0.25) is 5.82 Å². The second-order valence-electron chi connectivity index (χ2n) is 7.76. The predicted molar refractivity (Wildman–Crippen MR) is 102 cm³/mol. The fourth-order valence-electron chi connectivity index (χ4n) is 4.17. The molecule has 6 nitrogen and oxygen atoms in total. The fourth-order valence-corrected chi connectivity index (χ4v) is 4.17. The molecule has 0 bridgehead atoms. The first-order valence-electron chi connectivity index (χ1n) is 9.54. The third-order valence-electron chi connectivity index (χ3n) is 6.08. The summed E-state index contributed by atoms with van der Waals surface area (Å²) in [6, 6.07) is 5.26. The summed E-state index contributed by atoms with van der Waals surface area (Å²) in [4.78, 5) is 11.1. The maximum absolute atomic E-state index is 14.4. The van der Waals surface area contributed by atoms with Crippen molar-refractivity contribution >= 4 is 11.0 Å². The van der Waals surface area contributed by atoms with E-state index in [0.29, 0.717) is 11.0 Å². The number of halogens is 5. The van der Waals surface area contributed by atoms with Gasteiger partial charge in [0.25, 0.3) is 0 Å². The summed E-state index contributed by atoms with van der Waals surface area (Å²) in [5.74, 6) is -5.25. The van der Waals surface area contributed by atoms with Gasteiger partial charge in [-0.1, -0.05) is 13.0 Å². The number of hydrogen-bond donors (Lipinski definition) is 1. The van der Waals surface area contributed by atoms with Crippen molar-refractivity contribution in [2.24, 2.45) is 5.92 Å². The van der Waals surface area contributed by atoms with Crippen molar-refractivity contribution in [3.8, 4) is 11.8 Å². The number of imidazole rings is 1. The van der Waals surface area contributed by atoms with Crippen molar-refractivity contribution in [3.05, 3.63) is 53.1 Å². The SMILES string of the molecule is COc1c([C@H]2[C@H](c3nc4cc(C#N)ncc4[nH]3)O[C@@](C)(C(F)(F)F)[C@H]2C)ccc(F)c1F. The van der Waals surface area contributed by atoms with Crippen LogP contribution in [0.15, 0.2) is 24.4 Å². The molecule has 3 heterocycles. The minimum atomic E-state index is -4.76. The van der Waals surface area contributed by atoms with E-state index in [4.69, 9.17) is 14.7 Å². The Balaban J connectivity index is 1.91. The average Bonchev–Trinajstić information content (AvgIpc) is 3.28. The van der Waals surface area contributed by atoms with Gasteiger partial charge in [0.05, 0.1) is 24.3 Å². The highest BCUT2D eigenvalue weighted by Crippen LogP contribution is 2.59. The summed E-state index contributed by atoms with van der Waals surface area (Å²) >= 11 is 0. The number of aromatic nitrogens is 3. The Morgan fingerprint density at radius 3 is 2.62 bits per heavy atom. The van der Waals surface area contributed by atoms with Crippen LogP contribution in [0.25, 0.3) is 11.0 Å². The molecule has 0 spiro atoms. The van der Waals surface area contributed by atoms with Gasteiger partial charge in [0, 0.05) is 23.5 Å². The quantitative estimate of drug-likeness (QED) is 0.570. The van der Waals surface area contributed by atoms with E-state index >= 15 is 0 Å². The summed E-state index contributed by atoms with van der Waals surface area (Å²) in [5.41, 5.74) is -1.82. The lowest BCUT2D eigenvalue weighted by Crippen LogP contribution is -2.46. The monoisotopic (exact) mass is 452 g/mol. The molecule has 0 amide bonds. The van der Waals surface area contributed by atoms with Crippen LogP contribution in [0.5, 0.6) is 5.75 Å². The molecular weight excluding hydrogens is 435 g/mol. The number of hydrogen-bond acceptors (Lipinski definition) is 5. The number of nitriles is 1. The molecule has 4 rings (SSSR count). The lowest BCUT2D eigenvalue weighted by molar-refractivity contribution is -0.275. The van der Waals surface area contributed by atoms with Gasteiger partial charge in [-0.15, -0.1) is 0 Å². The van der Waals surface area contributed by atoms with E-state index in [-0.39, 0.29) is 17.1 Å². The fraction of sp³-hybridized carbons (Fsp3) is 0.381. The number of nitrogens with zero attached hydrogens (tertiary/aromatic N) is 3. The van der Waals surface area contributed by atoms with Crippen molar-refractivity contribution in [1.82, 2.24) is 15.0 Å². The van der Waals surface area contributed by atoms with E-state index in [1.54, 1.807) is 0 Å². The van der Waals surface area contributed by atoms with Gasteiger partial charge in [-0.2, -0.15) is 22.8 Å². The number of fused-ring (bicyclic) bond motifs is 1. The van der Waals surface area contributed by atoms with Crippen LogP contribution < -0.4 is 4.74 Å². The van der Waals surface area contributed by atoms with Gasteiger partial charge in [0.1, 0.15) is 23.7 Å². The average molecular weight is 452 g/mol. The zero-order valence-corrected chi connectivity index (χ0v) is 17.1. The lowest BCUT2D eigenvalue weighted by atomic mass is 9.77. The second-order valence-corrected chi connectivity index (χ2v) is 7.76. The molecule has 1 aliphatic rings. The number of methoxy groups -OCH3 is 1. The summed E-state index contributed by atoms with van der Waals surface area (Å²) in [5, 5.41) is 9.02. The van der Waals surface area contributed by atoms with E-state index in [1.807, 2.05) is 6.07 Å². The van der Waals surface area contributed by atoms with Crippen LogP contribution in [0.2, 0.25) is 0 Å². The topological polar surface area (TPSA) is 83.8 Å². The van der Waals surface area contributed by atoms with Gasteiger partial charge in [-0.3, -0.25) is 0 Å². The molecule has 4 atom stereocenters.